The Morgan fingerprint density at radius 1 is 1.32 bits per heavy atom. The molecule has 4 heteroatoms. The zero-order valence-electron chi connectivity index (χ0n) is 11.8. The summed E-state index contributed by atoms with van der Waals surface area (Å²) in [5.41, 5.74) is 9.44. The van der Waals surface area contributed by atoms with Gasteiger partial charge in [-0.2, -0.15) is 0 Å². The Hall–Kier alpha value is -0.780. The van der Waals surface area contributed by atoms with Gasteiger partial charge < -0.3 is 11.1 Å². The van der Waals surface area contributed by atoms with Gasteiger partial charge in [0.05, 0.1) is 0 Å². The van der Waals surface area contributed by atoms with E-state index >= 15 is 0 Å². The summed E-state index contributed by atoms with van der Waals surface area (Å²) in [6.45, 7) is 5.04. The van der Waals surface area contributed by atoms with E-state index in [4.69, 9.17) is 5.73 Å². The lowest BCUT2D eigenvalue weighted by Gasteiger charge is -2.08. The van der Waals surface area contributed by atoms with Crippen molar-refractivity contribution in [2.45, 2.75) is 39.5 Å². The first kappa shape index (κ1) is 16.3. The van der Waals surface area contributed by atoms with E-state index in [0.717, 1.165) is 24.6 Å². The summed E-state index contributed by atoms with van der Waals surface area (Å²) < 4.78 is 0. The molecule has 3 N–H and O–H groups in total. The maximum Gasteiger partial charge on any atom is 0.193 e. The highest BCUT2D eigenvalue weighted by Crippen LogP contribution is 2.33. The second-order valence-electron chi connectivity index (χ2n) is 5.28. The minimum absolute atomic E-state index is 0. The molecule has 1 aromatic rings. The van der Waals surface area contributed by atoms with Crippen LogP contribution in [0, 0.1) is 19.8 Å². The summed E-state index contributed by atoms with van der Waals surface area (Å²) >= 11 is 0. The first-order chi connectivity index (χ1) is 8.65. The average Bonchev–Trinajstić information content (AvgIpc) is 3.14. The molecule has 0 unspecified atom stereocenters. The van der Waals surface area contributed by atoms with Gasteiger partial charge in [-0.3, -0.25) is 4.99 Å². The van der Waals surface area contributed by atoms with Crippen molar-refractivity contribution in [2.75, 3.05) is 11.9 Å². The summed E-state index contributed by atoms with van der Waals surface area (Å²) in [7, 11) is 0. The Morgan fingerprint density at radius 2 is 2.05 bits per heavy atom. The average molecular weight is 373 g/mol. The van der Waals surface area contributed by atoms with Crippen molar-refractivity contribution >= 4 is 35.6 Å². The van der Waals surface area contributed by atoms with E-state index in [-0.39, 0.29) is 24.0 Å². The molecule has 0 amide bonds. The number of nitrogens with one attached hydrogen (secondary N) is 1. The van der Waals surface area contributed by atoms with E-state index in [1.54, 1.807) is 0 Å². The van der Waals surface area contributed by atoms with Gasteiger partial charge in [0.15, 0.2) is 5.96 Å². The molecule has 3 nitrogen and oxygen atoms in total. The van der Waals surface area contributed by atoms with Gasteiger partial charge in [-0.25, -0.2) is 0 Å². The van der Waals surface area contributed by atoms with Crippen molar-refractivity contribution in [3.63, 3.8) is 0 Å². The summed E-state index contributed by atoms with van der Waals surface area (Å²) in [6.07, 6.45) is 5.29. The number of halogens is 1. The van der Waals surface area contributed by atoms with Crippen LogP contribution in [0.3, 0.4) is 0 Å². The van der Waals surface area contributed by atoms with Crippen molar-refractivity contribution in [1.29, 1.82) is 0 Å². The molecule has 0 radical (unpaired) electrons. The van der Waals surface area contributed by atoms with E-state index < -0.39 is 0 Å². The van der Waals surface area contributed by atoms with Crippen LogP contribution in [-0.4, -0.2) is 12.5 Å². The van der Waals surface area contributed by atoms with Gasteiger partial charge in [-0.05, 0) is 55.9 Å². The SMILES string of the molecule is Cc1ccc(NC(N)=NCCCC2CC2)cc1C.I. The number of aryl methyl sites for hydroxylation is 2. The molecule has 2 rings (SSSR count). The predicted molar refractivity (Wildman–Crippen MR) is 93.4 cm³/mol. The Balaban J connectivity index is 0.00000180. The zero-order chi connectivity index (χ0) is 13.0. The molecule has 0 atom stereocenters. The molecule has 0 aromatic heterocycles. The maximum atomic E-state index is 5.87. The van der Waals surface area contributed by atoms with Crippen molar-refractivity contribution in [3.05, 3.63) is 29.3 Å². The number of guanidine groups is 1. The second-order valence-corrected chi connectivity index (χ2v) is 5.28. The molecular formula is C15H24IN3. The first-order valence-electron chi connectivity index (χ1n) is 6.79. The topological polar surface area (TPSA) is 50.4 Å². The Kier molecular flexibility index (Phi) is 6.62. The van der Waals surface area contributed by atoms with Gasteiger partial charge in [0.2, 0.25) is 0 Å². The molecule has 0 bridgehead atoms. The minimum atomic E-state index is 0. The molecule has 1 aliphatic carbocycles. The van der Waals surface area contributed by atoms with Gasteiger partial charge in [-0.15, -0.1) is 24.0 Å². The molecular weight excluding hydrogens is 349 g/mol. The van der Waals surface area contributed by atoms with Crippen LogP contribution in [0.15, 0.2) is 23.2 Å². The van der Waals surface area contributed by atoms with E-state index in [2.05, 4.69) is 36.3 Å². The smallest absolute Gasteiger partial charge is 0.193 e. The standard InChI is InChI=1S/C15H23N3.HI/c1-11-5-8-14(10-12(11)2)18-15(16)17-9-3-4-13-6-7-13;/h5,8,10,13H,3-4,6-7,9H2,1-2H3,(H3,16,17,18);1H. The number of aliphatic imine (C=N–C) groups is 1. The molecule has 106 valence electrons. The lowest BCUT2D eigenvalue weighted by Crippen LogP contribution is -2.22. The van der Waals surface area contributed by atoms with E-state index in [1.807, 2.05) is 6.07 Å². The number of anilines is 1. The third-order valence-corrected chi connectivity index (χ3v) is 3.53. The Morgan fingerprint density at radius 3 is 2.68 bits per heavy atom. The molecule has 0 spiro atoms. The molecule has 0 aliphatic heterocycles. The van der Waals surface area contributed by atoms with Crippen molar-refractivity contribution in [2.24, 2.45) is 16.6 Å². The fraction of sp³-hybridized carbons (Fsp3) is 0.533. The molecule has 19 heavy (non-hydrogen) atoms. The van der Waals surface area contributed by atoms with Gasteiger partial charge in [0, 0.05) is 12.2 Å². The Bertz CT molecular complexity index is 439. The number of nitrogens with zero attached hydrogens (tertiary/aromatic N) is 1. The molecule has 1 fully saturated rings. The highest BCUT2D eigenvalue weighted by molar-refractivity contribution is 14.0. The third-order valence-electron chi connectivity index (χ3n) is 3.53. The fourth-order valence-corrected chi connectivity index (χ4v) is 1.99. The van der Waals surface area contributed by atoms with Gasteiger partial charge >= 0.3 is 0 Å². The van der Waals surface area contributed by atoms with Gasteiger partial charge in [0.1, 0.15) is 0 Å². The Labute approximate surface area is 133 Å². The van der Waals surface area contributed by atoms with Crippen LogP contribution in [0.4, 0.5) is 5.69 Å². The third kappa shape index (κ3) is 5.80. The highest BCUT2D eigenvalue weighted by atomic mass is 127. The normalized spacial score (nSPS) is 14.9. The molecule has 0 saturated heterocycles. The van der Waals surface area contributed by atoms with Crippen LogP contribution in [0.2, 0.25) is 0 Å². The first-order valence-corrected chi connectivity index (χ1v) is 6.79. The fourth-order valence-electron chi connectivity index (χ4n) is 1.99. The lowest BCUT2D eigenvalue weighted by molar-refractivity contribution is 0.675. The van der Waals surface area contributed by atoms with Crippen LogP contribution in [-0.2, 0) is 0 Å². The molecule has 1 aromatic carbocycles. The van der Waals surface area contributed by atoms with Crippen LogP contribution in [0.25, 0.3) is 0 Å². The molecule has 0 heterocycles. The van der Waals surface area contributed by atoms with Crippen LogP contribution < -0.4 is 11.1 Å². The number of rotatable bonds is 5. The number of hydrogen-bond donors (Lipinski definition) is 2. The molecule has 1 aliphatic rings. The zero-order valence-corrected chi connectivity index (χ0v) is 14.1. The van der Waals surface area contributed by atoms with Gasteiger partial charge in [0.25, 0.3) is 0 Å². The van der Waals surface area contributed by atoms with Crippen LogP contribution in [0.5, 0.6) is 0 Å². The highest BCUT2D eigenvalue weighted by Gasteiger charge is 2.19. The van der Waals surface area contributed by atoms with E-state index in [1.165, 1.54) is 30.4 Å². The lowest BCUT2D eigenvalue weighted by atomic mass is 10.1. The number of hydrogen-bond acceptors (Lipinski definition) is 1. The number of nitrogens with two attached hydrogens (primary N) is 1. The van der Waals surface area contributed by atoms with Crippen molar-refractivity contribution in [3.8, 4) is 0 Å². The minimum Gasteiger partial charge on any atom is -0.370 e. The van der Waals surface area contributed by atoms with E-state index in [9.17, 15) is 0 Å². The summed E-state index contributed by atoms with van der Waals surface area (Å²) in [5, 5.41) is 3.14. The quantitative estimate of drug-likeness (QED) is 0.357. The number of benzene rings is 1. The monoisotopic (exact) mass is 373 g/mol. The second kappa shape index (κ2) is 7.72. The van der Waals surface area contributed by atoms with Crippen LogP contribution >= 0.6 is 24.0 Å². The predicted octanol–water partition coefficient (Wildman–Crippen LogP) is 3.84. The van der Waals surface area contributed by atoms with Gasteiger partial charge in [-0.1, -0.05) is 18.9 Å². The summed E-state index contributed by atoms with van der Waals surface area (Å²) in [4.78, 5) is 4.35. The molecule has 1 saturated carbocycles. The van der Waals surface area contributed by atoms with Crippen LogP contribution in [0.1, 0.15) is 36.8 Å². The summed E-state index contributed by atoms with van der Waals surface area (Å²) in [5.74, 6) is 1.50. The maximum absolute atomic E-state index is 5.87. The van der Waals surface area contributed by atoms with E-state index in [0.29, 0.717) is 5.96 Å². The van der Waals surface area contributed by atoms with Crippen molar-refractivity contribution in [1.82, 2.24) is 0 Å². The summed E-state index contributed by atoms with van der Waals surface area (Å²) in [6, 6.07) is 6.23. The van der Waals surface area contributed by atoms with Crippen molar-refractivity contribution < 1.29 is 0 Å². The largest absolute Gasteiger partial charge is 0.370 e.